The molecule has 0 bridgehead atoms. The monoisotopic (exact) mass is 353 g/mol. The van der Waals surface area contributed by atoms with Crippen LogP contribution in [0.2, 0.25) is 0 Å². The topological polar surface area (TPSA) is 28.2 Å². The summed E-state index contributed by atoms with van der Waals surface area (Å²) in [5.74, 6) is 0. The van der Waals surface area contributed by atoms with Crippen LogP contribution in [0.1, 0.15) is 25.1 Å². The van der Waals surface area contributed by atoms with Crippen molar-refractivity contribution in [1.29, 1.82) is 0 Å². The highest BCUT2D eigenvalue weighted by atomic mass is 79.9. The second kappa shape index (κ2) is 7.20. The third-order valence-corrected chi connectivity index (χ3v) is 4.43. The number of rotatable bonds is 6. The van der Waals surface area contributed by atoms with Gasteiger partial charge in [0.05, 0.1) is 17.7 Å². The van der Waals surface area contributed by atoms with Crippen LogP contribution in [0.15, 0.2) is 33.6 Å². The number of nitrogens with zero attached hydrogens (tertiary/aromatic N) is 2. The first kappa shape index (κ1) is 15.5. The van der Waals surface area contributed by atoms with Gasteiger partial charge in [-0.25, -0.2) is 4.98 Å². The zero-order valence-corrected chi connectivity index (χ0v) is 14.5. The smallest absolute Gasteiger partial charge is 0.0795 e. The van der Waals surface area contributed by atoms with Gasteiger partial charge in [-0.05, 0) is 17.7 Å². The van der Waals surface area contributed by atoms with E-state index < -0.39 is 0 Å². The second-order valence-electron chi connectivity index (χ2n) is 5.15. The fourth-order valence-corrected chi connectivity index (χ4v) is 2.94. The van der Waals surface area contributed by atoms with Gasteiger partial charge in [0.2, 0.25) is 0 Å². The zero-order valence-electron chi connectivity index (χ0n) is 12.1. The maximum Gasteiger partial charge on any atom is 0.0795 e. The van der Waals surface area contributed by atoms with E-state index in [4.69, 9.17) is 0 Å². The Morgan fingerprint density at radius 3 is 2.80 bits per heavy atom. The molecule has 0 aliphatic carbocycles. The Morgan fingerprint density at radius 1 is 1.40 bits per heavy atom. The molecular formula is C15H20BrN3S. The quantitative estimate of drug-likeness (QED) is 0.849. The van der Waals surface area contributed by atoms with E-state index in [1.165, 1.54) is 11.3 Å². The molecule has 0 radical (unpaired) electrons. The number of halogens is 1. The van der Waals surface area contributed by atoms with Crippen molar-refractivity contribution in [2.75, 3.05) is 11.9 Å². The summed E-state index contributed by atoms with van der Waals surface area (Å²) >= 11 is 5.30. The van der Waals surface area contributed by atoms with Crippen molar-refractivity contribution >= 4 is 33.0 Å². The van der Waals surface area contributed by atoms with Crippen molar-refractivity contribution in [3.8, 4) is 0 Å². The van der Waals surface area contributed by atoms with E-state index >= 15 is 0 Å². The van der Waals surface area contributed by atoms with Gasteiger partial charge >= 0.3 is 0 Å². The molecule has 1 aromatic carbocycles. The predicted molar refractivity (Wildman–Crippen MR) is 90.3 cm³/mol. The Morgan fingerprint density at radius 2 is 2.20 bits per heavy atom. The molecule has 0 unspecified atom stereocenters. The number of aromatic nitrogens is 1. The highest BCUT2D eigenvalue weighted by Crippen LogP contribution is 2.24. The van der Waals surface area contributed by atoms with Gasteiger partial charge in [0, 0.05) is 35.2 Å². The van der Waals surface area contributed by atoms with Crippen molar-refractivity contribution in [1.82, 2.24) is 10.3 Å². The number of hydrogen-bond donors (Lipinski definition) is 1. The number of hydrogen-bond acceptors (Lipinski definition) is 4. The molecule has 0 atom stereocenters. The van der Waals surface area contributed by atoms with Crippen LogP contribution in [-0.2, 0) is 13.1 Å². The van der Waals surface area contributed by atoms with Gasteiger partial charge in [0.15, 0.2) is 0 Å². The first-order chi connectivity index (χ1) is 9.56. The summed E-state index contributed by atoms with van der Waals surface area (Å²) < 4.78 is 1.15. The van der Waals surface area contributed by atoms with Crippen LogP contribution in [0, 0.1) is 0 Å². The van der Waals surface area contributed by atoms with Crippen LogP contribution in [0.25, 0.3) is 0 Å². The van der Waals surface area contributed by atoms with Gasteiger partial charge in [-0.1, -0.05) is 35.8 Å². The van der Waals surface area contributed by atoms with Crippen LogP contribution < -0.4 is 10.2 Å². The van der Waals surface area contributed by atoms with Crippen LogP contribution >= 0.6 is 27.3 Å². The van der Waals surface area contributed by atoms with E-state index in [1.54, 1.807) is 11.3 Å². The first-order valence-corrected chi connectivity index (χ1v) is 8.40. The average molecular weight is 354 g/mol. The minimum absolute atomic E-state index is 0.494. The van der Waals surface area contributed by atoms with Crippen molar-refractivity contribution in [3.63, 3.8) is 0 Å². The molecule has 2 aromatic rings. The molecule has 0 aliphatic rings. The molecule has 0 saturated heterocycles. The van der Waals surface area contributed by atoms with Crippen LogP contribution in [0.5, 0.6) is 0 Å². The number of anilines is 1. The molecule has 1 aromatic heterocycles. The summed E-state index contributed by atoms with van der Waals surface area (Å²) in [4.78, 5) is 6.53. The van der Waals surface area contributed by atoms with Crippen molar-refractivity contribution in [2.24, 2.45) is 0 Å². The summed E-state index contributed by atoms with van der Waals surface area (Å²) in [6.45, 7) is 6.03. The summed E-state index contributed by atoms with van der Waals surface area (Å²) in [6, 6.07) is 7.00. The number of benzene rings is 1. The summed E-state index contributed by atoms with van der Waals surface area (Å²) in [6.07, 6.45) is 0. The molecule has 0 amide bonds. The minimum atomic E-state index is 0.494. The SMILES string of the molecule is CC(C)NCc1ccc(N(C)Cc2cscn2)cc1Br. The Labute approximate surface area is 133 Å². The summed E-state index contributed by atoms with van der Waals surface area (Å²) in [5.41, 5.74) is 5.46. The predicted octanol–water partition coefficient (Wildman–Crippen LogP) is 4.04. The molecule has 0 saturated carbocycles. The van der Waals surface area contributed by atoms with Gasteiger partial charge in [0.1, 0.15) is 0 Å². The lowest BCUT2D eigenvalue weighted by atomic mass is 10.2. The lowest BCUT2D eigenvalue weighted by Gasteiger charge is -2.19. The molecule has 5 heteroatoms. The average Bonchev–Trinajstić information content (AvgIpc) is 2.89. The fourth-order valence-electron chi connectivity index (χ4n) is 1.88. The van der Waals surface area contributed by atoms with Crippen LogP contribution in [0.3, 0.4) is 0 Å². The largest absolute Gasteiger partial charge is 0.369 e. The van der Waals surface area contributed by atoms with Gasteiger partial charge in [-0.3, -0.25) is 0 Å². The lowest BCUT2D eigenvalue weighted by molar-refractivity contribution is 0.588. The van der Waals surface area contributed by atoms with E-state index in [9.17, 15) is 0 Å². The van der Waals surface area contributed by atoms with Gasteiger partial charge in [0.25, 0.3) is 0 Å². The molecule has 3 nitrogen and oxygen atoms in total. The third kappa shape index (κ3) is 4.30. The maximum atomic E-state index is 4.33. The van der Waals surface area contributed by atoms with E-state index in [2.05, 4.69) is 75.6 Å². The zero-order chi connectivity index (χ0) is 14.5. The molecule has 2 rings (SSSR count). The van der Waals surface area contributed by atoms with Crippen LogP contribution in [-0.4, -0.2) is 18.1 Å². The molecule has 20 heavy (non-hydrogen) atoms. The van der Waals surface area contributed by atoms with E-state index in [1.807, 2.05) is 5.51 Å². The van der Waals surface area contributed by atoms with Gasteiger partial charge in [-0.15, -0.1) is 11.3 Å². The fraction of sp³-hybridized carbons (Fsp3) is 0.400. The van der Waals surface area contributed by atoms with Crippen molar-refractivity contribution in [2.45, 2.75) is 33.0 Å². The normalized spacial score (nSPS) is 11.1. The Kier molecular flexibility index (Phi) is 5.57. The number of thiazole rings is 1. The highest BCUT2D eigenvalue weighted by Gasteiger charge is 2.07. The minimum Gasteiger partial charge on any atom is -0.369 e. The second-order valence-corrected chi connectivity index (χ2v) is 6.72. The third-order valence-electron chi connectivity index (χ3n) is 3.06. The van der Waals surface area contributed by atoms with Crippen LogP contribution in [0.4, 0.5) is 5.69 Å². The van der Waals surface area contributed by atoms with E-state index in [0.717, 1.165) is 23.3 Å². The molecule has 0 fully saturated rings. The Balaban J connectivity index is 2.04. The lowest BCUT2D eigenvalue weighted by Crippen LogP contribution is -2.22. The molecule has 1 heterocycles. The van der Waals surface area contributed by atoms with E-state index in [0.29, 0.717) is 6.04 Å². The van der Waals surface area contributed by atoms with Gasteiger partial charge < -0.3 is 10.2 Å². The maximum absolute atomic E-state index is 4.33. The number of nitrogens with one attached hydrogen (secondary N) is 1. The van der Waals surface area contributed by atoms with E-state index in [-0.39, 0.29) is 0 Å². The standard InChI is InChI=1S/C15H20BrN3S/c1-11(2)17-7-12-4-5-14(6-15(12)16)19(3)8-13-9-20-10-18-13/h4-6,9-11,17H,7-8H2,1-3H3. The Bertz CT molecular complexity index is 540. The molecule has 1 N–H and O–H groups in total. The summed E-state index contributed by atoms with van der Waals surface area (Å²) in [7, 11) is 2.09. The van der Waals surface area contributed by atoms with Crippen molar-refractivity contribution in [3.05, 3.63) is 44.8 Å². The summed E-state index contributed by atoms with van der Waals surface area (Å²) in [5, 5.41) is 5.53. The van der Waals surface area contributed by atoms with Gasteiger partial charge in [-0.2, -0.15) is 0 Å². The molecule has 108 valence electrons. The molecular weight excluding hydrogens is 334 g/mol. The van der Waals surface area contributed by atoms with Crippen molar-refractivity contribution < 1.29 is 0 Å². The first-order valence-electron chi connectivity index (χ1n) is 6.66. The molecule has 0 spiro atoms. The highest BCUT2D eigenvalue weighted by molar-refractivity contribution is 9.10. The Hall–Kier alpha value is -0.910. The molecule has 0 aliphatic heterocycles.